The lowest BCUT2D eigenvalue weighted by Crippen LogP contribution is -2.64. The Hall–Kier alpha value is 0.670. The van der Waals surface area contributed by atoms with Crippen LogP contribution in [-0.4, -0.2) is 87.6 Å². The summed E-state index contributed by atoms with van der Waals surface area (Å²) in [6, 6.07) is 1.17. The third-order valence-corrected chi connectivity index (χ3v) is 4.10. The van der Waals surface area contributed by atoms with Gasteiger partial charge in [0.25, 0.3) is 0 Å². The van der Waals surface area contributed by atoms with Crippen LogP contribution in [0.2, 0.25) is 0 Å². The molecule has 2 atom stereocenters. The van der Waals surface area contributed by atoms with Crippen molar-refractivity contribution in [3.63, 3.8) is 0 Å². The minimum Gasteiger partial charge on any atom is -0.379 e. The van der Waals surface area contributed by atoms with Gasteiger partial charge in [-0.3, -0.25) is 9.80 Å². The molecular formula is C12H26Cl3N3O2. The molecule has 0 amide bonds. The average molecular weight is 351 g/mol. The summed E-state index contributed by atoms with van der Waals surface area (Å²) < 4.78 is 11.0. The maximum atomic E-state index is 5.64. The molecule has 122 valence electrons. The first-order valence-electron chi connectivity index (χ1n) is 6.78. The molecule has 3 rings (SSSR count). The lowest BCUT2D eigenvalue weighted by molar-refractivity contribution is -0.0697. The molecule has 5 nitrogen and oxygen atoms in total. The zero-order valence-corrected chi connectivity index (χ0v) is 14.1. The normalized spacial score (nSPS) is 30.6. The first kappa shape index (κ1) is 20.7. The lowest BCUT2D eigenvalue weighted by atomic mass is 10.1. The standard InChI is InChI=1S/C12H23N3O2.3ClH/c1(14-3-5-16-6-4-14)2-15-11-7-13-8-12(15)10-17-9-11;;;/h11-13H,1-10H2;3*1H. The van der Waals surface area contributed by atoms with E-state index in [1.54, 1.807) is 0 Å². The summed E-state index contributed by atoms with van der Waals surface area (Å²) in [7, 11) is 0. The van der Waals surface area contributed by atoms with Crippen molar-refractivity contribution in [3.05, 3.63) is 0 Å². The van der Waals surface area contributed by atoms with E-state index in [1.165, 1.54) is 13.1 Å². The van der Waals surface area contributed by atoms with Crippen LogP contribution in [0.4, 0.5) is 0 Å². The van der Waals surface area contributed by atoms with Gasteiger partial charge in [0.2, 0.25) is 0 Å². The third-order valence-electron chi connectivity index (χ3n) is 4.10. The van der Waals surface area contributed by atoms with E-state index >= 15 is 0 Å². The van der Waals surface area contributed by atoms with Crippen molar-refractivity contribution in [1.29, 1.82) is 0 Å². The molecule has 0 aromatic rings. The second-order valence-electron chi connectivity index (χ2n) is 5.20. The van der Waals surface area contributed by atoms with Crippen LogP contribution in [0.5, 0.6) is 0 Å². The molecule has 0 radical (unpaired) electrons. The summed E-state index contributed by atoms with van der Waals surface area (Å²) >= 11 is 0. The van der Waals surface area contributed by atoms with Gasteiger partial charge in [0.1, 0.15) is 0 Å². The topological polar surface area (TPSA) is 37.0 Å². The third kappa shape index (κ3) is 5.14. The van der Waals surface area contributed by atoms with Gasteiger partial charge >= 0.3 is 0 Å². The van der Waals surface area contributed by atoms with Crippen molar-refractivity contribution < 1.29 is 9.47 Å². The number of nitrogens with zero attached hydrogens (tertiary/aromatic N) is 2. The second-order valence-corrected chi connectivity index (χ2v) is 5.20. The van der Waals surface area contributed by atoms with Crippen molar-refractivity contribution in [2.75, 3.05) is 65.7 Å². The Labute approximate surface area is 139 Å². The number of ether oxygens (including phenoxy) is 2. The molecule has 2 bridgehead atoms. The van der Waals surface area contributed by atoms with Gasteiger partial charge in [0.05, 0.1) is 26.4 Å². The maximum absolute atomic E-state index is 5.64. The molecular weight excluding hydrogens is 325 g/mol. The van der Waals surface area contributed by atoms with Crippen molar-refractivity contribution >= 4 is 37.2 Å². The summed E-state index contributed by atoms with van der Waals surface area (Å²) in [5, 5.41) is 3.50. The molecule has 0 aromatic carbocycles. The van der Waals surface area contributed by atoms with Crippen LogP contribution in [0.15, 0.2) is 0 Å². The van der Waals surface area contributed by atoms with Crippen molar-refractivity contribution in [2.24, 2.45) is 0 Å². The Morgan fingerprint density at radius 3 is 2.05 bits per heavy atom. The second kappa shape index (κ2) is 10.4. The molecule has 0 saturated carbocycles. The van der Waals surface area contributed by atoms with E-state index < -0.39 is 0 Å². The van der Waals surface area contributed by atoms with E-state index in [0.717, 1.165) is 52.6 Å². The van der Waals surface area contributed by atoms with Crippen LogP contribution in [0.3, 0.4) is 0 Å². The van der Waals surface area contributed by atoms with Gasteiger partial charge < -0.3 is 14.8 Å². The fourth-order valence-electron chi connectivity index (χ4n) is 3.05. The SMILES string of the molecule is C1CN(CCN2C3CNCC2COC3)CCO1.Cl.Cl.Cl. The highest BCUT2D eigenvalue weighted by molar-refractivity contribution is 5.86. The van der Waals surface area contributed by atoms with Crippen molar-refractivity contribution in [2.45, 2.75) is 12.1 Å². The highest BCUT2D eigenvalue weighted by Crippen LogP contribution is 2.16. The number of nitrogens with one attached hydrogen (secondary N) is 1. The van der Waals surface area contributed by atoms with E-state index in [4.69, 9.17) is 9.47 Å². The molecule has 20 heavy (non-hydrogen) atoms. The van der Waals surface area contributed by atoms with Crippen LogP contribution in [-0.2, 0) is 9.47 Å². The number of rotatable bonds is 3. The predicted octanol–water partition coefficient (Wildman–Crippen LogP) is 0.257. The van der Waals surface area contributed by atoms with Crippen LogP contribution in [0.25, 0.3) is 0 Å². The summed E-state index contributed by atoms with van der Waals surface area (Å²) in [6.07, 6.45) is 0. The fraction of sp³-hybridized carbons (Fsp3) is 1.00. The zero-order chi connectivity index (χ0) is 11.5. The Bertz CT molecular complexity index is 236. The van der Waals surface area contributed by atoms with E-state index in [9.17, 15) is 0 Å². The molecule has 8 heteroatoms. The Morgan fingerprint density at radius 2 is 1.45 bits per heavy atom. The van der Waals surface area contributed by atoms with Gasteiger partial charge in [0.15, 0.2) is 0 Å². The highest BCUT2D eigenvalue weighted by Gasteiger charge is 2.34. The largest absolute Gasteiger partial charge is 0.379 e. The predicted molar refractivity (Wildman–Crippen MR) is 87.0 cm³/mol. The van der Waals surface area contributed by atoms with Gasteiger partial charge in [-0.2, -0.15) is 0 Å². The average Bonchev–Trinajstić information content (AvgIpc) is 2.37. The van der Waals surface area contributed by atoms with E-state index in [2.05, 4.69) is 15.1 Å². The summed E-state index contributed by atoms with van der Waals surface area (Å²) in [5.41, 5.74) is 0. The minimum atomic E-state index is 0. The summed E-state index contributed by atoms with van der Waals surface area (Å²) in [5.74, 6) is 0. The van der Waals surface area contributed by atoms with Gasteiger partial charge in [0, 0.05) is 51.4 Å². The monoisotopic (exact) mass is 349 g/mol. The van der Waals surface area contributed by atoms with E-state index in [-0.39, 0.29) is 37.2 Å². The molecule has 2 unspecified atom stereocenters. The number of fused-ring (bicyclic) bond motifs is 2. The van der Waals surface area contributed by atoms with Crippen LogP contribution >= 0.6 is 37.2 Å². The molecule has 3 saturated heterocycles. The molecule has 3 heterocycles. The minimum absolute atomic E-state index is 0. The molecule has 0 aromatic heterocycles. The molecule has 0 aliphatic carbocycles. The molecule has 1 N–H and O–H groups in total. The van der Waals surface area contributed by atoms with Gasteiger partial charge in [-0.15, -0.1) is 37.2 Å². The van der Waals surface area contributed by atoms with Crippen LogP contribution in [0.1, 0.15) is 0 Å². The van der Waals surface area contributed by atoms with Gasteiger partial charge in [-0.1, -0.05) is 0 Å². The van der Waals surface area contributed by atoms with E-state index in [1.807, 2.05) is 0 Å². The molecule has 3 fully saturated rings. The zero-order valence-electron chi connectivity index (χ0n) is 11.7. The first-order chi connectivity index (χ1) is 8.43. The van der Waals surface area contributed by atoms with Crippen LogP contribution < -0.4 is 5.32 Å². The number of hydrogen-bond acceptors (Lipinski definition) is 5. The summed E-state index contributed by atoms with van der Waals surface area (Å²) in [4.78, 5) is 5.16. The fourth-order valence-corrected chi connectivity index (χ4v) is 3.05. The number of morpholine rings is 2. The van der Waals surface area contributed by atoms with Gasteiger partial charge in [-0.05, 0) is 0 Å². The molecule has 3 aliphatic heterocycles. The van der Waals surface area contributed by atoms with Gasteiger partial charge in [-0.25, -0.2) is 0 Å². The number of halogens is 3. The Kier molecular flexibility index (Phi) is 10.8. The quantitative estimate of drug-likeness (QED) is 0.790. The Balaban J connectivity index is 0.00000120. The van der Waals surface area contributed by atoms with Crippen molar-refractivity contribution in [3.8, 4) is 0 Å². The number of hydrogen-bond donors (Lipinski definition) is 1. The molecule has 3 aliphatic rings. The van der Waals surface area contributed by atoms with Crippen LogP contribution in [0, 0.1) is 0 Å². The smallest absolute Gasteiger partial charge is 0.0635 e. The summed E-state index contributed by atoms with van der Waals surface area (Å²) in [6.45, 7) is 10.3. The maximum Gasteiger partial charge on any atom is 0.0635 e. The first-order valence-corrected chi connectivity index (χ1v) is 6.78. The lowest BCUT2D eigenvalue weighted by Gasteiger charge is -2.46. The highest BCUT2D eigenvalue weighted by atomic mass is 35.5. The number of piperazine rings is 1. The Morgan fingerprint density at radius 1 is 0.850 bits per heavy atom. The van der Waals surface area contributed by atoms with Crippen molar-refractivity contribution in [1.82, 2.24) is 15.1 Å². The van der Waals surface area contributed by atoms with E-state index in [0.29, 0.717) is 12.1 Å². The molecule has 0 spiro atoms.